The van der Waals surface area contributed by atoms with Crippen molar-refractivity contribution in [3.63, 3.8) is 0 Å². The predicted molar refractivity (Wildman–Crippen MR) is 68.1 cm³/mol. The van der Waals surface area contributed by atoms with Crippen molar-refractivity contribution >= 4 is 0 Å². The van der Waals surface area contributed by atoms with E-state index >= 15 is 0 Å². The fourth-order valence-electron chi connectivity index (χ4n) is 2.64. The van der Waals surface area contributed by atoms with Crippen molar-refractivity contribution in [2.24, 2.45) is 11.1 Å². The molecule has 0 saturated heterocycles. The zero-order valence-electron chi connectivity index (χ0n) is 11.5. The van der Waals surface area contributed by atoms with Gasteiger partial charge in [-0.2, -0.15) is 4.98 Å². The fourth-order valence-corrected chi connectivity index (χ4v) is 2.64. The molecule has 1 saturated carbocycles. The van der Waals surface area contributed by atoms with Crippen LogP contribution in [-0.4, -0.2) is 23.4 Å². The summed E-state index contributed by atoms with van der Waals surface area (Å²) in [4.78, 5) is 4.46. The van der Waals surface area contributed by atoms with E-state index in [4.69, 9.17) is 15.0 Å². The predicted octanol–water partition coefficient (Wildman–Crippen LogP) is 2.40. The lowest BCUT2D eigenvalue weighted by Crippen LogP contribution is -2.19. The summed E-state index contributed by atoms with van der Waals surface area (Å²) in [6.45, 7) is 7.54. The Hall–Kier alpha value is -0.940. The van der Waals surface area contributed by atoms with Crippen molar-refractivity contribution < 1.29 is 9.26 Å². The highest BCUT2D eigenvalue weighted by Crippen LogP contribution is 2.48. The SMILES string of the molecule is CCOCC(N)c1noc(C2CCCC2(C)C)n1. The van der Waals surface area contributed by atoms with E-state index in [1.165, 1.54) is 12.8 Å². The minimum absolute atomic E-state index is 0.244. The van der Waals surface area contributed by atoms with E-state index in [1.807, 2.05) is 6.92 Å². The van der Waals surface area contributed by atoms with E-state index in [1.54, 1.807) is 0 Å². The number of hydrogen-bond acceptors (Lipinski definition) is 5. The maximum Gasteiger partial charge on any atom is 0.230 e. The van der Waals surface area contributed by atoms with Gasteiger partial charge in [0.05, 0.1) is 12.6 Å². The van der Waals surface area contributed by atoms with Crippen LogP contribution in [0, 0.1) is 5.41 Å². The molecule has 1 heterocycles. The summed E-state index contributed by atoms with van der Waals surface area (Å²) < 4.78 is 10.7. The van der Waals surface area contributed by atoms with Gasteiger partial charge >= 0.3 is 0 Å². The molecule has 2 rings (SSSR count). The van der Waals surface area contributed by atoms with Gasteiger partial charge in [-0.25, -0.2) is 0 Å². The molecule has 0 radical (unpaired) electrons. The number of aromatic nitrogens is 2. The fraction of sp³-hybridized carbons (Fsp3) is 0.846. The number of ether oxygens (including phenoxy) is 1. The zero-order valence-corrected chi connectivity index (χ0v) is 11.5. The first-order chi connectivity index (χ1) is 8.54. The highest BCUT2D eigenvalue weighted by atomic mass is 16.5. The summed E-state index contributed by atoms with van der Waals surface area (Å²) in [7, 11) is 0. The molecule has 1 fully saturated rings. The lowest BCUT2D eigenvalue weighted by molar-refractivity contribution is 0.130. The Morgan fingerprint density at radius 2 is 2.33 bits per heavy atom. The van der Waals surface area contributed by atoms with Crippen molar-refractivity contribution in [2.75, 3.05) is 13.2 Å². The van der Waals surface area contributed by atoms with Crippen LogP contribution in [0.2, 0.25) is 0 Å². The number of nitrogens with two attached hydrogens (primary N) is 1. The lowest BCUT2D eigenvalue weighted by atomic mass is 9.82. The molecule has 2 atom stereocenters. The number of nitrogens with zero attached hydrogens (tertiary/aromatic N) is 2. The van der Waals surface area contributed by atoms with Gasteiger partial charge in [-0.1, -0.05) is 25.4 Å². The molecule has 0 aromatic carbocycles. The molecule has 5 nitrogen and oxygen atoms in total. The van der Waals surface area contributed by atoms with Crippen LogP contribution in [0.25, 0.3) is 0 Å². The van der Waals surface area contributed by atoms with Crippen LogP contribution in [0.5, 0.6) is 0 Å². The van der Waals surface area contributed by atoms with Crippen LogP contribution in [0.1, 0.15) is 63.7 Å². The average Bonchev–Trinajstić information content (AvgIpc) is 2.91. The summed E-state index contributed by atoms with van der Waals surface area (Å²) in [6.07, 6.45) is 3.55. The quantitative estimate of drug-likeness (QED) is 0.872. The third-order valence-corrected chi connectivity index (χ3v) is 3.85. The molecule has 0 aliphatic heterocycles. The summed E-state index contributed by atoms with van der Waals surface area (Å²) in [5, 5.41) is 3.99. The molecule has 0 spiro atoms. The van der Waals surface area contributed by atoms with Gasteiger partial charge in [-0.3, -0.25) is 0 Å². The molecule has 0 bridgehead atoms. The van der Waals surface area contributed by atoms with Crippen LogP contribution in [0.15, 0.2) is 4.52 Å². The van der Waals surface area contributed by atoms with Gasteiger partial charge in [0.15, 0.2) is 5.82 Å². The van der Waals surface area contributed by atoms with Crippen LogP contribution >= 0.6 is 0 Å². The van der Waals surface area contributed by atoms with Gasteiger partial charge in [0.25, 0.3) is 0 Å². The smallest absolute Gasteiger partial charge is 0.230 e. The van der Waals surface area contributed by atoms with E-state index < -0.39 is 0 Å². The van der Waals surface area contributed by atoms with Crippen LogP contribution in [0.4, 0.5) is 0 Å². The molecule has 2 N–H and O–H groups in total. The second-order valence-electron chi connectivity index (χ2n) is 5.69. The summed E-state index contributed by atoms with van der Waals surface area (Å²) in [5.41, 5.74) is 6.19. The van der Waals surface area contributed by atoms with Crippen LogP contribution in [-0.2, 0) is 4.74 Å². The topological polar surface area (TPSA) is 74.2 Å². The maximum atomic E-state index is 5.95. The molecular formula is C13H23N3O2. The highest BCUT2D eigenvalue weighted by molar-refractivity contribution is 5.05. The molecule has 1 aliphatic carbocycles. The van der Waals surface area contributed by atoms with Gasteiger partial charge in [-0.15, -0.1) is 0 Å². The van der Waals surface area contributed by atoms with Crippen molar-refractivity contribution in [2.45, 2.75) is 52.0 Å². The average molecular weight is 253 g/mol. The number of hydrogen-bond donors (Lipinski definition) is 1. The monoisotopic (exact) mass is 253 g/mol. The Bertz CT molecular complexity index is 389. The van der Waals surface area contributed by atoms with Gasteiger partial charge in [0.1, 0.15) is 0 Å². The third kappa shape index (κ3) is 2.72. The first kappa shape index (κ1) is 13.5. The van der Waals surface area contributed by atoms with Crippen LogP contribution < -0.4 is 5.73 Å². The van der Waals surface area contributed by atoms with E-state index in [9.17, 15) is 0 Å². The zero-order chi connectivity index (χ0) is 13.2. The Balaban J connectivity index is 2.06. The minimum Gasteiger partial charge on any atom is -0.380 e. The maximum absolute atomic E-state index is 5.95. The summed E-state index contributed by atoms with van der Waals surface area (Å²) in [5.74, 6) is 1.65. The van der Waals surface area contributed by atoms with Crippen molar-refractivity contribution in [3.05, 3.63) is 11.7 Å². The molecule has 2 unspecified atom stereocenters. The van der Waals surface area contributed by atoms with E-state index in [2.05, 4.69) is 24.0 Å². The Morgan fingerprint density at radius 1 is 1.56 bits per heavy atom. The largest absolute Gasteiger partial charge is 0.380 e. The lowest BCUT2D eigenvalue weighted by Gasteiger charge is -2.23. The van der Waals surface area contributed by atoms with E-state index in [0.29, 0.717) is 25.0 Å². The summed E-state index contributed by atoms with van der Waals surface area (Å²) >= 11 is 0. The third-order valence-electron chi connectivity index (χ3n) is 3.85. The standard InChI is InChI=1S/C13H23N3O2/c1-4-17-8-10(14)11-15-12(18-16-11)9-6-5-7-13(9,2)3/h9-10H,4-8,14H2,1-3H3. The second kappa shape index (κ2) is 5.36. The number of rotatable bonds is 5. The molecule has 18 heavy (non-hydrogen) atoms. The summed E-state index contributed by atoms with van der Waals surface area (Å²) in [6, 6.07) is -0.299. The molecule has 0 amide bonds. The van der Waals surface area contributed by atoms with E-state index in [-0.39, 0.29) is 11.5 Å². The molecular weight excluding hydrogens is 230 g/mol. The Kier molecular flexibility index (Phi) is 4.02. The second-order valence-corrected chi connectivity index (χ2v) is 5.69. The van der Waals surface area contributed by atoms with E-state index in [0.717, 1.165) is 12.3 Å². The molecule has 1 aliphatic rings. The van der Waals surface area contributed by atoms with Gasteiger partial charge < -0.3 is 15.0 Å². The minimum atomic E-state index is -0.299. The highest BCUT2D eigenvalue weighted by Gasteiger charge is 2.39. The molecule has 5 heteroatoms. The Morgan fingerprint density at radius 3 is 2.94 bits per heavy atom. The first-order valence-corrected chi connectivity index (χ1v) is 6.71. The van der Waals surface area contributed by atoms with Crippen molar-refractivity contribution in [1.82, 2.24) is 10.1 Å². The Labute approximate surface area is 108 Å². The van der Waals surface area contributed by atoms with Crippen molar-refractivity contribution in [1.29, 1.82) is 0 Å². The molecule has 102 valence electrons. The van der Waals surface area contributed by atoms with Crippen molar-refractivity contribution in [3.8, 4) is 0 Å². The molecule has 1 aromatic rings. The normalized spacial score (nSPS) is 24.3. The van der Waals surface area contributed by atoms with Gasteiger partial charge in [-0.05, 0) is 25.2 Å². The first-order valence-electron chi connectivity index (χ1n) is 6.71. The van der Waals surface area contributed by atoms with Gasteiger partial charge in [0, 0.05) is 12.5 Å². The van der Waals surface area contributed by atoms with Crippen LogP contribution in [0.3, 0.4) is 0 Å². The molecule has 1 aromatic heterocycles. The van der Waals surface area contributed by atoms with Gasteiger partial charge in [0.2, 0.25) is 5.89 Å².